The molecular weight excluding hydrogens is 336 g/mol. The molecule has 0 amide bonds. The SMILES string of the molecule is CC1(C)C(C(=O)c2cn(CC3CCOCC3)c3cc(C#N)ccc23)C1(C)C. The Morgan fingerprint density at radius 1 is 1.22 bits per heavy atom. The maximum atomic E-state index is 13.4. The first kappa shape index (κ1) is 18.3. The lowest BCUT2D eigenvalue weighted by Gasteiger charge is -2.22. The van der Waals surface area contributed by atoms with Crippen LogP contribution in [0.25, 0.3) is 10.9 Å². The second kappa shape index (κ2) is 6.21. The molecule has 1 aliphatic heterocycles. The number of aromatic nitrogens is 1. The molecular formula is C23H28N2O2. The van der Waals surface area contributed by atoms with Crippen LogP contribution in [-0.4, -0.2) is 23.6 Å². The first-order valence-corrected chi connectivity index (χ1v) is 9.92. The number of Topliss-reactive ketones (excluding diaryl/α,β-unsaturated/α-hetero) is 1. The van der Waals surface area contributed by atoms with E-state index in [-0.39, 0.29) is 22.5 Å². The van der Waals surface area contributed by atoms with Gasteiger partial charge < -0.3 is 9.30 Å². The molecule has 2 aliphatic rings. The Bertz CT molecular complexity index is 925. The van der Waals surface area contributed by atoms with Crippen molar-refractivity contribution < 1.29 is 9.53 Å². The Labute approximate surface area is 161 Å². The molecule has 0 unspecified atom stereocenters. The van der Waals surface area contributed by atoms with E-state index in [2.05, 4.69) is 38.3 Å². The zero-order chi connectivity index (χ0) is 19.4. The van der Waals surface area contributed by atoms with Crippen LogP contribution in [0.4, 0.5) is 0 Å². The van der Waals surface area contributed by atoms with Gasteiger partial charge in [0.2, 0.25) is 0 Å². The van der Waals surface area contributed by atoms with Crippen molar-refractivity contribution in [2.45, 2.75) is 47.1 Å². The van der Waals surface area contributed by atoms with Crippen molar-refractivity contribution in [3.05, 3.63) is 35.5 Å². The number of hydrogen-bond donors (Lipinski definition) is 0. The highest BCUT2D eigenvalue weighted by atomic mass is 16.5. The molecule has 27 heavy (non-hydrogen) atoms. The number of ketones is 1. The van der Waals surface area contributed by atoms with Gasteiger partial charge in [-0.25, -0.2) is 0 Å². The number of nitrogens with zero attached hydrogens (tertiary/aromatic N) is 2. The van der Waals surface area contributed by atoms with Crippen LogP contribution in [0.2, 0.25) is 0 Å². The Kier molecular flexibility index (Phi) is 4.20. The van der Waals surface area contributed by atoms with E-state index in [0.717, 1.165) is 49.1 Å². The molecule has 1 aromatic heterocycles. The Hall–Kier alpha value is -2.12. The van der Waals surface area contributed by atoms with Crippen LogP contribution < -0.4 is 0 Å². The van der Waals surface area contributed by atoms with E-state index >= 15 is 0 Å². The van der Waals surface area contributed by atoms with Gasteiger partial charge in [0.05, 0.1) is 17.1 Å². The normalized spacial score (nSPS) is 21.9. The molecule has 0 bridgehead atoms. The van der Waals surface area contributed by atoms with E-state index in [0.29, 0.717) is 11.5 Å². The van der Waals surface area contributed by atoms with Crippen LogP contribution in [0.15, 0.2) is 24.4 Å². The monoisotopic (exact) mass is 364 g/mol. The summed E-state index contributed by atoms with van der Waals surface area (Å²) >= 11 is 0. The zero-order valence-electron chi connectivity index (χ0n) is 16.7. The van der Waals surface area contributed by atoms with E-state index in [9.17, 15) is 10.1 Å². The summed E-state index contributed by atoms with van der Waals surface area (Å²) in [7, 11) is 0. The number of ether oxygens (including phenoxy) is 1. The largest absolute Gasteiger partial charge is 0.381 e. The zero-order valence-corrected chi connectivity index (χ0v) is 16.7. The summed E-state index contributed by atoms with van der Waals surface area (Å²) in [6.07, 6.45) is 4.13. The summed E-state index contributed by atoms with van der Waals surface area (Å²) in [5.74, 6) is 0.838. The topological polar surface area (TPSA) is 55.0 Å². The van der Waals surface area contributed by atoms with Gasteiger partial charge in [0.15, 0.2) is 5.78 Å². The van der Waals surface area contributed by atoms with Crippen LogP contribution >= 0.6 is 0 Å². The first-order chi connectivity index (χ1) is 12.8. The van der Waals surface area contributed by atoms with E-state index in [4.69, 9.17) is 4.74 Å². The summed E-state index contributed by atoms with van der Waals surface area (Å²) in [4.78, 5) is 13.4. The van der Waals surface area contributed by atoms with Crippen molar-refractivity contribution >= 4 is 16.7 Å². The molecule has 2 aromatic rings. The number of fused-ring (bicyclic) bond motifs is 1. The smallest absolute Gasteiger partial charge is 0.169 e. The van der Waals surface area contributed by atoms with E-state index in [1.807, 2.05) is 24.4 Å². The molecule has 2 fully saturated rings. The van der Waals surface area contributed by atoms with Gasteiger partial charge in [0.25, 0.3) is 0 Å². The van der Waals surface area contributed by atoms with Crippen molar-refractivity contribution in [1.29, 1.82) is 5.26 Å². The predicted molar refractivity (Wildman–Crippen MR) is 106 cm³/mol. The summed E-state index contributed by atoms with van der Waals surface area (Å²) < 4.78 is 7.68. The molecule has 0 N–H and O–H groups in total. The van der Waals surface area contributed by atoms with Gasteiger partial charge in [0, 0.05) is 42.8 Å². The summed E-state index contributed by atoms with van der Waals surface area (Å²) in [6.45, 7) is 11.2. The molecule has 0 atom stereocenters. The summed E-state index contributed by atoms with van der Waals surface area (Å²) in [6, 6.07) is 7.93. The molecule has 142 valence electrons. The fourth-order valence-electron chi connectivity index (χ4n) is 4.92. The minimum Gasteiger partial charge on any atom is -0.381 e. The minimum absolute atomic E-state index is 0.0197. The van der Waals surface area contributed by atoms with Gasteiger partial charge in [-0.3, -0.25) is 4.79 Å². The molecule has 1 saturated heterocycles. The van der Waals surface area contributed by atoms with Gasteiger partial charge in [-0.15, -0.1) is 0 Å². The van der Waals surface area contributed by atoms with Crippen molar-refractivity contribution in [2.75, 3.05) is 13.2 Å². The molecule has 0 radical (unpaired) electrons. The van der Waals surface area contributed by atoms with Gasteiger partial charge in [-0.05, 0) is 41.7 Å². The van der Waals surface area contributed by atoms with Gasteiger partial charge in [0.1, 0.15) is 0 Å². The Morgan fingerprint density at radius 3 is 2.48 bits per heavy atom. The Balaban J connectivity index is 1.75. The summed E-state index contributed by atoms with van der Waals surface area (Å²) in [5.41, 5.74) is 2.49. The van der Waals surface area contributed by atoms with Crippen LogP contribution in [0, 0.1) is 34.0 Å². The Morgan fingerprint density at radius 2 is 1.89 bits per heavy atom. The van der Waals surface area contributed by atoms with Crippen LogP contribution in [-0.2, 0) is 11.3 Å². The second-order valence-electron chi connectivity index (χ2n) is 9.34. The van der Waals surface area contributed by atoms with Gasteiger partial charge in [-0.1, -0.05) is 33.8 Å². The number of carbonyl (C=O) groups is 1. The molecule has 1 saturated carbocycles. The molecule has 4 heteroatoms. The molecule has 1 aliphatic carbocycles. The molecule has 4 nitrogen and oxygen atoms in total. The highest BCUT2D eigenvalue weighted by Gasteiger charge is 2.68. The van der Waals surface area contributed by atoms with Crippen molar-refractivity contribution in [1.82, 2.24) is 4.57 Å². The van der Waals surface area contributed by atoms with Gasteiger partial charge in [-0.2, -0.15) is 5.26 Å². The van der Waals surface area contributed by atoms with E-state index < -0.39 is 0 Å². The highest BCUT2D eigenvalue weighted by Crippen LogP contribution is 2.69. The van der Waals surface area contributed by atoms with Crippen molar-refractivity contribution in [3.8, 4) is 6.07 Å². The average molecular weight is 364 g/mol. The average Bonchev–Trinajstić information content (AvgIpc) is 2.91. The molecule has 2 heterocycles. The number of carbonyl (C=O) groups excluding carboxylic acids is 1. The minimum atomic E-state index is 0.0197. The van der Waals surface area contributed by atoms with Crippen molar-refractivity contribution in [3.63, 3.8) is 0 Å². The lowest BCUT2D eigenvalue weighted by Crippen LogP contribution is -2.20. The standard InChI is InChI=1S/C23H28N2O2/c1-22(2)21(23(22,3)4)20(26)18-14-25(13-15-7-9-27-10-8-15)19-11-16(12-24)5-6-17(18)19/h5-6,11,14-15,21H,7-10,13H2,1-4H3. The number of nitriles is 1. The second-order valence-corrected chi connectivity index (χ2v) is 9.34. The molecule has 0 spiro atoms. The molecule has 1 aromatic carbocycles. The lowest BCUT2D eigenvalue weighted by molar-refractivity contribution is 0.0616. The predicted octanol–water partition coefficient (Wildman–Crippen LogP) is 4.80. The van der Waals surface area contributed by atoms with Crippen LogP contribution in [0.1, 0.15) is 56.5 Å². The third-order valence-corrected chi connectivity index (χ3v) is 7.36. The maximum absolute atomic E-state index is 13.4. The fraction of sp³-hybridized carbons (Fsp3) is 0.565. The quantitative estimate of drug-likeness (QED) is 0.732. The van der Waals surface area contributed by atoms with Gasteiger partial charge >= 0.3 is 0 Å². The lowest BCUT2D eigenvalue weighted by atomic mass is 10.0. The third kappa shape index (κ3) is 2.80. The maximum Gasteiger partial charge on any atom is 0.169 e. The summed E-state index contributed by atoms with van der Waals surface area (Å²) in [5, 5.41) is 10.3. The van der Waals surface area contributed by atoms with Crippen molar-refractivity contribution in [2.24, 2.45) is 22.7 Å². The third-order valence-electron chi connectivity index (χ3n) is 7.36. The fourth-order valence-corrected chi connectivity index (χ4v) is 4.92. The molecule has 4 rings (SSSR count). The highest BCUT2D eigenvalue weighted by molar-refractivity contribution is 6.11. The first-order valence-electron chi connectivity index (χ1n) is 9.92. The van der Waals surface area contributed by atoms with E-state index in [1.165, 1.54) is 0 Å². The number of rotatable bonds is 4. The number of benzene rings is 1. The van der Waals surface area contributed by atoms with E-state index in [1.54, 1.807) is 0 Å². The number of hydrogen-bond acceptors (Lipinski definition) is 3. The van der Waals surface area contributed by atoms with Crippen LogP contribution in [0.3, 0.4) is 0 Å². The van der Waals surface area contributed by atoms with Crippen LogP contribution in [0.5, 0.6) is 0 Å².